The van der Waals surface area contributed by atoms with Gasteiger partial charge in [0.05, 0.1) is 19.3 Å². The second-order valence-electron chi connectivity index (χ2n) is 6.76. The van der Waals surface area contributed by atoms with Crippen molar-refractivity contribution in [3.63, 3.8) is 0 Å². The molecule has 0 atom stereocenters. The van der Waals surface area contributed by atoms with Gasteiger partial charge >= 0.3 is 5.97 Å². The van der Waals surface area contributed by atoms with E-state index < -0.39 is 5.97 Å². The number of nitrogens with one attached hydrogen (secondary N) is 2. The Kier molecular flexibility index (Phi) is 9.80. The average Bonchev–Trinajstić information content (AvgIpc) is 2.76. The lowest BCUT2D eigenvalue weighted by molar-refractivity contribution is 0.0600. The maximum absolute atomic E-state index is 12.4. The highest BCUT2D eigenvalue weighted by molar-refractivity contribution is 7.80. The van der Waals surface area contributed by atoms with E-state index in [2.05, 4.69) is 22.3 Å². The van der Waals surface area contributed by atoms with Gasteiger partial charge in [-0.3, -0.25) is 10.1 Å². The van der Waals surface area contributed by atoms with E-state index in [1.54, 1.807) is 48.5 Å². The number of esters is 1. The lowest BCUT2D eigenvalue weighted by atomic mass is 10.2. The zero-order valence-corrected chi connectivity index (χ0v) is 18.2. The lowest BCUT2D eigenvalue weighted by Crippen LogP contribution is -2.34. The number of hydrogen-bond acceptors (Lipinski definition) is 5. The molecule has 2 rings (SSSR count). The molecule has 0 saturated heterocycles. The average molecular weight is 429 g/mol. The van der Waals surface area contributed by atoms with Gasteiger partial charge < -0.3 is 14.8 Å². The molecular formula is C23H28N2O4S. The third kappa shape index (κ3) is 7.83. The maximum Gasteiger partial charge on any atom is 0.337 e. The molecule has 2 aromatic carbocycles. The number of anilines is 1. The minimum absolute atomic E-state index is 0.165. The summed E-state index contributed by atoms with van der Waals surface area (Å²) in [5, 5.41) is 5.71. The van der Waals surface area contributed by atoms with Crippen LogP contribution in [0.1, 0.15) is 59.7 Å². The van der Waals surface area contributed by atoms with Crippen LogP contribution in [0, 0.1) is 0 Å². The van der Waals surface area contributed by atoms with E-state index in [4.69, 9.17) is 17.0 Å². The molecule has 2 aromatic rings. The van der Waals surface area contributed by atoms with Gasteiger partial charge in [0.25, 0.3) is 5.91 Å². The molecule has 0 aliphatic carbocycles. The Morgan fingerprint density at radius 3 is 2.17 bits per heavy atom. The molecule has 0 fully saturated rings. The van der Waals surface area contributed by atoms with Crippen LogP contribution in [0.2, 0.25) is 0 Å². The van der Waals surface area contributed by atoms with Crippen molar-refractivity contribution in [2.75, 3.05) is 19.0 Å². The summed E-state index contributed by atoms with van der Waals surface area (Å²) in [6.07, 6.45) is 5.93. The van der Waals surface area contributed by atoms with E-state index in [9.17, 15) is 9.59 Å². The first kappa shape index (κ1) is 23.3. The Balaban J connectivity index is 1.78. The second kappa shape index (κ2) is 12.6. The zero-order chi connectivity index (χ0) is 21.8. The molecule has 0 bridgehead atoms. The van der Waals surface area contributed by atoms with Crippen LogP contribution in [-0.2, 0) is 4.74 Å². The van der Waals surface area contributed by atoms with Gasteiger partial charge in [-0.2, -0.15) is 0 Å². The molecule has 0 aliphatic heterocycles. The SMILES string of the molecule is CCCCCCCOc1ccc(C(=O)NC(=S)Nc2ccc(C(=O)OC)cc2)cc1. The van der Waals surface area contributed by atoms with Crippen LogP contribution in [0.5, 0.6) is 5.75 Å². The third-order valence-electron chi connectivity index (χ3n) is 4.42. The van der Waals surface area contributed by atoms with Crippen molar-refractivity contribution < 1.29 is 19.1 Å². The molecule has 6 nitrogen and oxygen atoms in total. The standard InChI is InChI=1S/C23H28N2O4S/c1-3-4-5-6-7-16-29-20-14-10-17(11-15-20)21(26)25-23(30)24-19-12-8-18(9-13-19)22(27)28-2/h8-15H,3-7,16H2,1-2H3,(H2,24,25,26,30). The quantitative estimate of drug-likeness (QED) is 0.317. The number of carbonyl (C=O) groups excluding carboxylic acids is 2. The number of carbonyl (C=O) groups is 2. The summed E-state index contributed by atoms with van der Waals surface area (Å²) in [5.41, 5.74) is 1.56. The second-order valence-corrected chi connectivity index (χ2v) is 7.17. The lowest BCUT2D eigenvalue weighted by Gasteiger charge is -2.11. The Labute approximate surface area is 183 Å². The van der Waals surface area contributed by atoms with Gasteiger partial charge in [-0.1, -0.05) is 32.6 Å². The number of ether oxygens (including phenoxy) is 2. The number of hydrogen-bond donors (Lipinski definition) is 2. The van der Waals surface area contributed by atoms with Crippen LogP contribution >= 0.6 is 12.2 Å². The molecule has 0 aliphatic rings. The molecular weight excluding hydrogens is 400 g/mol. The van der Waals surface area contributed by atoms with Crippen molar-refractivity contribution in [1.82, 2.24) is 5.32 Å². The number of thiocarbonyl (C=S) groups is 1. The summed E-state index contributed by atoms with van der Waals surface area (Å²) in [6.45, 7) is 2.87. The third-order valence-corrected chi connectivity index (χ3v) is 4.63. The molecule has 0 aromatic heterocycles. The molecule has 0 heterocycles. The van der Waals surface area contributed by atoms with Crippen LogP contribution in [0.15, 0.2) is 48.5 Å². The largest absolute Gasteiger partial charge is 0.494 e. The van der Waals surface area contributed by atoms with Crippen LogP contribution < -0.4 is 15.4 Å². The molecule has 0 radical (unpaired) electrons. The zero-order valence-electron chi connectivity index (χ0n) is 17.4. The monoisotopic (exact) mass is 428 g/mol. The number of unbranched alkanes of at least 4 members (excludes halogenated alkanes) is 4. The van der Waals surface area contributed by atoms with E-state index in [0.717, 1.165) is 12.2 Å². The molecule has 0 spiro atoms. The summed E-state index contributed by atoms with van der Waals surface area (Å²) in [5.74, 6) is 0.0135. The Morgan fingerprint density at radius 1 is 0.900 bits per heavy atom. The minimum Gasteiger partial charge on any atom is -0.494 e. The minimum atomic E-state index is -0.415. The van der Waals surface area contributed by atoms with Crippen LogP contribution in [0.4, 0.5) is 5.69 Å². The highest BCUT2D eigenvalue weighted by Gasteiger charge is 2.09. The molecule has 2 N–H and O–H groups in total. The molecule has 30 heavy (non-hydrogen) atoms. The first-order chi connectivity index (χ1) is 14.5. The van der Waals surface area contributed by atoms with Crippen molar-refractivity contribution in [1.29, 1.82) is 0 Å². The van der Waals surface area contributed by atoms with Gasteiger partial charge in [0.2, 0.25) is 0 Å². The summed E-state index contributed by atoms with van der Waals surface area (Å²) >= 11 is 5.19. The fourth-order valence-corrected chi connectivity index (χ4v) is 2.95. The topological polar surface area (TPSA) is 76.7 Å². The number of amides is 1. The molecule has 7 heteroatoms. The Morgan fingerprint density at radius 2 is 1.53 bits per heavy atom. The van der Waals surface area contributed by atoms with E-state index >= 15 is 0 Å². The van der Waals surface area contributed by atoms with Crippen LogP contribution in [-0.4, -0.2) is 30.7 Å². The summed E-state index contributed by atoms with van der Waals surface area (Å²) < 4.78 is 10.4. The summed E-state index contributed by atoms with van der Waals surface area (Å²) in [7, 11) is 1.33. The highest BCUT2D eigenvalue weighted by atomic mass is 32.1. The summed E-state index contributed by atoms with van der Waals surface area (Å²) in [6, 6.07) is 13.6. The van der Waals surface area contributed by atoms with Crippen molar-refractivity contribution in [2.45, 2.75) is 39.0 Å². The first-order valence-electron chi connectivity index (χ1n) is 10.1. The van der Waals surface area contributed by atoms with E-state index in [1.165, 1.54) is 32.8 Å². The van der Waals surface area contributed by atoms with Gasteiger partial charge in [-0.15, -0.1) is 0 Å². The van der Waals surface area contributed by atoms with Crippen molar-refractivity contribution in [3.8, 4) is 5.75 Å². The van der Waals surface area contributed by atoms with Gasteiger partial charge in [-0.05, 0) is 67.2 Å². The normalized spacial score (nSPS) is 10.2. The predicted molar refractivity (Wildman–Crippen MR) is 122 cm³/mol. The smallest absolute Gasteiger partial charge is 0.337 e. The van der Waals surface area contributed by atoms with Gasteiger partial charge in [0, 0.05) is 11.3 Å². The molecule has 1 amide bonds. The summed E-state index contributed by atoms with van der Waals surface area (Å²) in [4.78, 5) is 23.8. The van der Waals surface area contributed by atoms with Gasteiger partial charge in [-0.25, -0.2) is 4.79 Å². The maximum atomic E-state index is 12.4. The first-order valence-corrected chi connectivity index (χ1v) is 10.5. The van der Waals surface area contributed by atoms with Crippen LogP contribution in [0.3, 0.4) is 0 Å². The van der Waals surface area contributed by atoms with E-state index in [-0.39, 0.29) is 11.0 Å². The highest BCUT2D eigenvalue weighted by Crippen LogP contribution is 2.14. The Bertz CT molecular complexity index is 835. The number of benzene rings is 2. The molecule has 160 valence electrons. The molecule has 0 unspecified atom stereocenters. The Hall–Kier alpha value is -2.93. The van der Waals surface area contributed by atoms with Crippen LogP contribution in [0.25, 0.3) is 0 Å². The molecule has 0 saturated carbocycles. The van der Waals surface area contributed by atoms with Gasteiger partial charge in [0.15, 0.2) is 5.11 Å². The van der Waals surface area contributed by atoms with Gasteiger partial charge in [0.1, 0.15) is 5.75 Å². The van der Waals surface area contributed by atoms with E-state index in [1.807, 2.05) is 0 Å². The van der Waals surface area contributed by atoms with Crippen molar-refractivity contribution in [2.24, 2.45) is 0 Å². The van der Waals surface area contributed by atoms with E-state index in [0.29, 0.717) is 23.4 Å². The fourth-order valence-electron chi connectivity index (χ4n) is 2.74. The fraction of sp³-hybridized carbons (Fsp3) is 0.348. The van der Waals surface area contributed by atoms with Crippen molar-refractivity contribution >= 4 is 34.9 Å². The van der Waals surface area contributed by atoms with Crippen molar-refractivity contribution in [3.05, 3.63) is 59.7 Å². The predicted octanol–water partition coefficient (Wildman–Crippen LogP) is 4.95. The number of rotatable bonds is 10. The number of methoxy groups -OCH3 is 1.